The van der Waals surface area contributed by atoms with E-state index in [4.69, 9.17) is 0 Å². The minimum absolute atomic E-state index is 0.0847. The number of nitrogens with one attached hydrogen (secondary N) is 1. The highest BCUT2D eigenvalue weighted by molar-refractivity contribution is 5.40. The van der Waals surface area contributed by atoms with Gasteiger partial charge in [0.2, 0.25) is 0 Å². The van der Waals surface area contributed by atoms with Crippen LogP contribution in [-0.4, -0.2) is 22.7 Å². The standard InChI is InChI=1S/C15H22N2O/c18-13-5-1-3-11(9-13)10-16-15-8-7-12-4-2-6-14(12)17-15/h7-8,11,13,18H,1-6,9-10H2,(H,16,17). The first-order chi connectivity index (χ1) is 8.81. The number of aryl methyl sites for hydroxylation is 2. The van der Waals surface area contributed by atoms with Crippen LogP contribution in [0.4, 0.5) is 5.82 Å². The van der Waals surface area contributed by atoms with Crippen molar-refractivity contribution in [2.24, 2.45) is 5.92 Å². The van der Waals surface area contributed by atoms with Gasteiger partial charge < -0.3 is 10.4 Å². The lowest BCUT2D eigenvalue weighted by molar-refractivity contribution is 0.104. The Kier molecular flexibility index (Phi) is 3.50. The van der Waals surface area contributed by atoms with Gasteiger partial charge in [-0.1, -0.05) is 12.5 Å². The van der Waals surface area contributed by atoms with Crippen LogP contribution in [0.5, 0.6) is 0 Å². The summed E-state index contributed by atoms with van der Waals surface area (Å²) in [6.45, 7) is 0.947. The Morgan fingerprint density at radius 3 is 3.06 bits per heavy atom. The van der Waals surface area contributed by atoms with Crippen molar-refractivity contribution >= 4 is 5.82 Å². The van der Waals surface area contributed by atoms with Crippen molar-refractivity contribution in [3.05, 3.63) is 23.4 Å². The number of nitrogens with zero attached hydrogens (tertiary/aromatic N) is 1. The fourth-order valence-electron chi connectivity index (χ4n) is 3.22. The number of rotatable bonds is 3. The van der Waals surface area contributed by atoms with Crippen LogP contribution < -0.4 is 5.32 Å². The van der Waals surface area contributed by atoms with Crippen molar-refractivity contribution in [2.75, 3.05) is 11.9 Å². The maximum Gasteiger partial charge on any atom is 0.126 e. The van der Waals surface area contributed by atoms with Crippen molar-refractivity contribution in [2.45, 2.75) is 51.0 Å². The van der Waals surface area contributed by atoms with Crippen LogP contribution in [0.2, 0.25) is 0 Å². The molecule has 2 aliphatic rings. The summed E-state index contributed by atoms with van der Waals surface area (Å²) in [7, 11) is 0. The summed E-state index contributed by atoms with van der Waals surface area (Å²) in [4.78, 5) is 4.68. The number of aromatic nitrogens is 1. The van der Waals surface area contributed by atoms with Crippen molar-refractivity contribution in [3.63, 3.8) is 0 Å². The van der Waals surface area contributed by atoms with E-state index in [2.05, 4.69) is 22.4 Å². The van der Waals surface area contributed by atoms with Crippen LogP contribution in [0.25, 0.3) is 0 Å². The molecule has 1 aromatic heterocycles. The molecule has 1 saturated carbocycles. The highest BCUT2D eigenvalue weighted by atomic mass is 16.3. The number of hydrogen-bond donors (Lipinski definition) is 2. The first-order valence-corrected chi connectivity index (χ1v) is 7.22. The average molecular weight is 246 g/mol. The number of pyridine rings is 1. The molecule has 0 saturated heterocycles. The third-order valence-electron chi connectivity index (χ3n) is 4.26. The SMILES string of the molecule is OC1CCCC(CNc2ccc3c(n2)CCC3)C1. The first-order valence-electron chi connectivity index (χ1n) is 7.22. The Bertz CT molecular complexity index is 419. The predicted octanol–water partition coefficient (Wildman–Crippen LogP) is 2.53. The summed E-state index contributed by atoms with van der Waals surface area (Å²) >= 11 is 0. The molecule has 0 amide bonds. The summed E-state index contributed by atoms with van der Waals surface area (Å²) in [5, 5.41) is 13.1. The van der Waals surface area contributed by atoms with Gasteiger partial charge in [0.15, 0.2) is 0 Å². The van der Waals surface area contributed by atoms with Crippen LogP contribution in [0.1, 0.15) is 43.4 Å². The van der Waals surface area contributed by atoms with Gasteiger partial charge in [-0.25, -0.2) is 4.98 Å². The second-order valence-electron chi connectivity index (χ2n) is 5.72. The van der Waals surface area contributed by atoms with Crippen LogP contribution >= 0.6 is 0 Å². The molecule has 2 N–H and O–H groups in total. The fourth-order valence-corrected chi connectivity index (χ4v) is 3.22. The van der Waals surface area contributed by atoms with Gasteiger partial charge >= 0.3 is 0 Å². The Morgan fingerprint density at radius 2 is 2.17 bits per heavy atom. The van der Waals surface area contributed by atoms with Crippen LogP contribution in [-0.2, 0) is 12.8 Å². The summed E-state index contributed by atoms with van der Waals surface area (Å²) in [5.74, 6) is 1.61. The molecule has 2 atom stereocenters. The van der Waals surface area contributed by atoms with E-state index >= 15 is 0 Å². The fraction of sp³-hybridized carbons (Fsp3) is 0.667. The molecule has 0 aliphatic heterocycles. The Hall–Kier alpha value is -1.09. The van der Waals surface area contributed by atoms with Gasteiger partial charge in [0.25, 0.3) is 0 Å². The molecule has 2 aliphatic carbocycles. The highest BCUT2D eigenvalue weighted by Gasteiger charge is 2.20. The lowest BCUT2D eigenvalue weighted by atomic mass is 9.87. The monoisotopic (exact) mass is 246 g/mol. The molecule has 3 rings (SSSR count). The minimum atomic E-state index is -0.0847. The third kappa shape index (κ3) is 2.66. The maximum atomic E-state index is 9.66. The Labute approximate surface area is 109 Å². The molecule has 1 aromatic rings. The minimum Gasteiger partial charge on any atom is -0.393 e. The van der Waals surface area contributed by atoms with Crippen molar-refractivity contribution < 1.29 is 5.11 Å². The van der Waals surface area contributed by atoms with E-state index in [-0.39, 0.29) is 6.10 Å². The summed E-state index contributed by atoms with van der Waals surface area (Å²) in [6, 6.07) is 4.32. The summed E-state index contributed by atoms with van der Waals surface area (Å²) in [5.41, 5.74) is 2.71. The first kappa shape index (κ1) is 12.0. The highest BCUT2D eigenvalue weighted by Crippen LogP contribution is 2.25. The zero-order valence-electron chi connectivity index (χ0n) is 10.9. The topological polar surface area (TPSA) is 45.1 Å². The summed E-state index contributed by atoms with van der Waals surface area (Å²) < 4.78 is 0. The van der Waals surface area contributed by atoms with Crippen LogP contribution in [0.3, 0.4) is 0 Å². The molecular weight excluding hydrogens is 224 g/mol. The lowest BCUT2D eigenvalue weighted by Crippen LogP contribution is -2.25. The zero-order valence-corrected chi connectivity index (χ0v) is 10.9. The Morgan fingerprint density at radius 1 is 1.22 bits per heavy atom. The third-order valence-corrected chi connectivity index (χ3v) is 4.26. The van der Waals surface area contributed by atoms with Gasteiger partial charge in [-0.15, -0.1) is 0 Å². The van der Waals surface area contributed by atoms with E-state index in [1.54, 1.807) is 0 Å². The normalized spacial score (nSPS) is 26.9. The van der Waals surface area contributed by atoms with E-state index in [9.17, 15) is 5.11 Å². The number of aliphatic hydroxyl groups excluding tert-OH is 1. The number of fused-ring (bicyclic) bond motifs is 1. The van der Waals surface area contributed by atoms with E-state index < -0.39 is 0 Å². The molecule has 3 nitrogen and oxygen atoms in total. The largest absolute Gasteiger partial charge is 0.393 e. The average Bonchev–Trinajstić information content (AvgIpc) is 2.84. The van der Waals surface area contributed by atoms with E-state index in [1.807, 2.05) is 0 Å². The second-order valence-corrected chi connectivity index (χ2v) is 5.72. The van der Waals surface area contributed by atoms with Gasteiger partial charge in [0.1, 0.15) is 5.82 Å². The van der Waals surface area contributed by atoms with Crippen LogP contribution in [0.15, 0.2) is 12.1 Å². The Balaban J connectivity index is 1.56. The molecule has 0 spiro atoms. The molecule has 0 aromatic carbocycles. The van der Waals surface area contributed by atoms with E-state index in [0.717, 1.165) is 38.0 Å². The van der Waals surface area contributed by atoms with Crippen molar-refractivity contribution in [1.29, 1.82) is 0 Å². The molecular formula is C15H22N2O. The van der Waals surface area contributed by atoms with Crippen LogP contribution in [0, 0.1) is 5.92 Å². The molecule has 0 bridgehead atoms. The van der Waals surface area contributed by atoms with Gasteiger partial charge in [0, 0.05) is 12.2 Å². The molecule has 0 radical (unpaired) electrons. The summed E-state index contributed by atoms with van der Waals surface area (Å²) in [6.07, 6.45) is 7.80. The number of hydrogen-bond acceptors (Lipinski definition) is 3. The van der Waals surface area contributed by atoms with Gasteiger partial charge in [-0.3, -0.25) is 0 Å². The number of aliphatic hydroxyl groups is 1. The van der Waals surface area contributed by atoms with Gasteiger partial charge in [-0.05, 0) is 56.1 Å². The van der Waals surface area contributed by atoms with Gasteiger partial charge in [-0.2, -0.15) is 0 Å². The molecule has 18 heavy (non-hydrogen) atoms. The molecule has 1 heterocycles. The molecule has 2 unspecified atom stereocenters. The predicted molar refractivity (Wildman–Crippen MR) is 72.7 cm³/mol. The smallest absolute Gasteiger partial charge is 0.126 e. The van der Waals surface area contributed by atoms with Crippen molar-refractivity contribution in [1.82, 2.24) is 4.98 Å². The number of anilines is 1. The van der Waals surface area contributed by atoms with E-state index in [0.29, 0.717) is 5.92 Å². The van der Waals surface area contributed by atoms with E-state index in [1.165, 1.54) is 30.5 Å². The second kappa shape index (κ2) is 5.27. The van der Waals surface area contributed by atoms with Crippen molar-refractivity contribution in [3.8, 4) is 0 Å². The molecule has 1 fully saturated rings. The quantitative estimate of drug-likeness (QED) is 0.861. The zero-order chi connectivity index (χ0) is 12.4. The molecule has 3 heteroatoms. The molecule has 98 valence electrons. The van der Waals surface area contributed by atoms with Gasteiger partial charge in [0.05, 0.1) is 6.10 Å². The maximum absolute atomic E-state index is 9.66. The lowest BCUT2D eigenvalue weighted by Gasteiger charge is -2.26.